The standard InChI is InChI=1S/C20H15N3O3S/c1-27-20-22-18(16(11-21)19(26)23-20)15-8-6-14(7-9-15)13-4-2-12(3-5-13)10-17(24)25/h2-9H,10H2,1H3,(H,24,25)(H,22,23,26). The first-order valence-corrected chi connectivity index (χ1v) is 9.24. The normalized spacial score (nSPS) is 10.4. The van der Waals surface area contributed by atoms with Crippen molar-refractivity contribution >= 4 is 17.7 Å². The molecule has 1 aromatic heterocycles. The van der Waals surface area contributed by atoms with Crippen molar-refractivity contribution in [2.24, 2.45) is 0 Å². The first-order chi connectivity index (χ1) is 13.0. The molecule has 0 saturated heterocycles. The summed E-state index contributed by atoms with van der Waals surface area (Å²) in [6.07, 6.45) is 1.79. The molecule has 0 radical (unpaired) electrons. The molecule has 7 heteroatoms. The van der Waals surface area contributed by atoms with E-state index < -0.39 is 11.5 Å². The number of aromatic amines is 1. The molecule has 0 saturated carbocycles. The van der Waals surface area contributed by atoms with Gasteiger partial charge >= 0.3 is 5.97 Å². The molecule has 0 aliphatic carbocycles. The monoisotopic (exact) mass is 377 g/mol. The smallest absolute Gasteiger partial charge is 0.307 e. The number of aromatic nitrogens is 2. The summed E-state index contributed by atoms with van der Waals surface area (Å²) in [4.78, 5) is 29.7. The fraction of sp³-hybridized carbons (Fsp3) is 0.100. The summed E-state index contributed by atoms with van der Waals surface area (Å²) >= 11 is 1.30. The van der Waals surface area contributed by atoms with Crippen LogP contribution >= 0.6 is 11.8 Å². The molecular formula is C20H15N3O3S. The third kappa shape index (κ3) is 4.07. The van der Waals surface area contributed by atoms with Crippen molar-refractivity contribution in [2.45, 2.75) is 11.6 Å². The first kappa shape index (κ1) is 18.4. The van der Waals surface area contributed by atoms with Crippen LogP contribution in [0.15, 0.2) is 58.5 Å². The summed E-state index contributed by atoms with van der Waals surface area (Å²) in [6, 6.07) is 16.6. The zero-order valence-electron chi connectivity index (χ0n) is 14.4. The van der Waals surface area contributed by atoms with E-state index in [1.807, 2.05) is 42.5 Å². The van der Waals surface area contributed by atoms with Gasteiger partial charge in [0.2, 0.25) is 0 Å². The molecule has 3 aromatic rings. The third-order valence-electron chi connectivity index (χ3n) is 4.00. The van der Waals surface area contributed by atoms with Gasteiger partial charge in [0.25, 0.3) is 5.56 Å². The van der Waals surface area contributed by atoms with Gasteiger partial charge in [-0.1, -0.05) is 60.3 Å². The van der Waals surface area contributed by atoms with Crippen LogP contribution in [-0.2, 0) is 11.2 Å². The Balaban J connectivity index is 1.95. The van der Waals surface area contributed by atoms with Crippen LogP contribution in [0.3, 0.4) is 0 Å². The lowest BCUT2D eigenvalue weighted by Crippen LogP contribution is -2.14. The van der Waals surface area contributed by atoms with Crippen LogP contribution < -0.4 is 5.56 Å². The molecule has 0 unspecified atom stereocenters. The topological polar surface area (TPSA) is 107 Å². The molecule has 2 N–H and O–H groups in total. The fourth-order valence-corrected chi connectivity index (χ4v) is 3.05. The molecule has 0 aliphatic rings. The second-order valence-corrected chi connectivity index (χ2v) is 6.55. The number of hydrogen-bond donors (Lipinski definition) is 2. The largest absolute Gasteiger partial charge is 0.481 e. The lowest BCUT2D eigenvalue weighted by molar-refractivity contribution is -0.136. The van der Waals surface area contributed by atoms with Crippen molar-refractivity contribution in [3.05, 3.63) is 70.0 Å². The summed E-state index contributed by atoms with van der Waals surface area (Å²) in [7, 11) is 0. The number of rotatable bonds is 5. The van der Waals surface area contributed by atoms with Crippen LogP contribution in [-0.4, -0.2) is 27.3 Å². The van der Waals surface area contributed by atoms with E-state index in [1.165, 1.54) is 11.8 Å². The number of carboxylic acid groups (broad SMARTS) is 1. The maximum absolute atomic E-state index is 12.0. The Morgan fingerprint density at radius 1 is 1.11 bits per heavy atom. The van der Waals surface area contributed by atoms with Crippen molar-refractivity contribution in [1.29, 1.82) is 5.26 Å². The number of aliphatic carboxylic acids is 1. The van der Waals surface area contributed by atoms with Gasteiger partial charge < -0.3 is 10.1 Å². The van der Waals surface area contributed by atoms with E-state index in [4.69, 9.17) is 5.11 Å². The zero-order valence-corrected chi connectivity index (χ0v) is 15.2. The molecule has 6 nitrogen and oxygen atoms in total. The highest BCUT2D eigenvalue weighted by atomic mass is 32.2. The molecule has 0 amide bonds. The van der Waals surface area contributed by atoms with E-state index in [2.05, 4.69) is 9.97 Å². The SMILES string of the molecule is CSc1nc(-c2ccc(-c3ccc(CC(=O)O)cc3)cc2)c(C#N)c(=O)[nH]1. The molecule has 0 atom stereocenters. The maximum Gasteiger partial charge on any atom is 0.307 e. The Morgan fingerprint density at radius 3 is 2.19 bits per heavy atom. The van der Waals surface area contributed by atoms with E-state index in [1.54, 1.807) is 18.4 Å². The van der Waals surface area contributed by atoms with Gasteiger partial charge in [-0.05, 0) is 22.9 Å². The summed E-state index contributed by atoms with van der Waals surface area (Å²) in [5, 5.41) is 18.6. The van der Waals surface area contributed by atoms with Gasteiger partial charge in [0.1, 0.15) is 11.6 Å². The molecule has 0 bridgehead atoms. The second-order valence-electron chi connectivity index (χ2n) is 5.76. The molecule has 0 spiro atoms. The Kier molecular flexibility index (Phi) is 5.38. The average Bonchev–Trinajstić information content (AvgIpc) is 2.67. The number of nitrogens with zero attached hydrogens (tertiary/aromatic N) is 2. The van der Waals surface area contributed by atoms with E-state index in [0.717, 1.165) is 16.7 Å². The van der Waals surface area contributed by atoms with Gasteiger partial charge in [0.15, 0.2) is 5.16 Å². The van der Waals surface area contributed by atoms with Gasteiger partial charge in [-0.2, -0.15) is 5.26 Å². The predicted octanol–water partition coefficient (Wildman–Crippen LogP) is 3.32. The number of benzene rings is 2. The average molecular weight is 377 g/mol. The first-order valence-electron chi connectivity index (χ1n) is 8.01. The van der Waals surface area contributed by atoms with Gasteiger partial charge in [0.05, 0.1) is 12.1 Å². The van der Waals surface area contributed by atoms with Gasteiger partial charge in [0, 0.05) is 5.56 Å². The number of H-pyrrole nitrogens is 1. The summed E-state index contributed by atoms with van der Waals surface area (Å²) < 4.78 is 0. The highest BCUT2D eigenvalue weighted by molar-refractivity contribution is 7.98. The van der Waals surface area contributed by atoms with E-state index in [-0.39, 0.29) is 12.0 Å². The minimum Gasteiger partial charge on any atom is -0.481 e. The Labute approximate surface area is 159 Å². The number of thioether (sulfide) groups is 1. The minimum atomic E-state index is -0.865. The number of carbonyl (C=O) groups is 1. The minimum absolute atomic E-state index is 0.0118. The number of nitrogens with one attached hydrogen (secondary N) is 1. The quantitative estimate of drug-likeness (QED) is 0.522. The highest BCUT2D eigenvalue weighted by Crippen LogP contribution is 2.26. The van der Waals surface area contributed by atoms with Crippen LogP contribution in [0.5, 0.6) is 0 Å². The third-order valence-corrected chi connectivity index (χ3v) is 4.58. The molecule has 1 heterocycles. The van der Waals surface area contributed by atoms with Gasteiger partial charge in [-0.15, -0.1) is 0 Å². The number of hydrogen-bond acceptors (Lipinski definition) is 5. The van der Waals surface area contributed by atoms with Crippen LogP contribution in [0, 0.1) is 11.3 Å². The van der Waals surface area contributed by atoms with Gasteiger partial charge in [-0.3, -0.25) is 9.59 Å². The van der Waals surface area contributed by atoms with Crippen molar-refractivity contribution in [2.75, 3.05) is 6.26 Å². The van der Waals surface area contributed by atoms with Crippen LogP contribution in [0.1, 0.15) is 11.1 Å². The summed E-state index contributed by atoms with van der Waals surface area (Å²) in [6.45, 7) is 0. The van der Waals surface area contributed by atoms with E-state index in [9.17, 15) is 14.9 Å². The summed E-state index contributed by atoms with van der Waals surface area (Å²) in [5.41, 5.74) is 3.18. The second kappa shape index (κ2) is 7.89. The molecule has 0 fully saturated rings. The Bertz CT molecular complexity index is 1080. The molecule has 2 aromatic carbocycles. The van der Waals surface area contributed by atoms with Crippen molar-refractivity contribution in [1.82, 2.24) is 9.97 Å². The van der Waals surface area contributed by atoms with E-state index in [0.29, 0.717) is 16.4 Å². The molecule has 0 aliphatic heterocycles. The highest BCUT2D eigenvalue weighted by Gasteiger charge is 2.13. The van der Waals surface area contributed by atoms with Crippen molar-refractivity contribution < 1.29 is 9.90 Å². The van der Waals surface area contributed by atoms with Crippen LogP contribution in [0.25, 0.3) is 22.4 Å². The fourth-order valence-electron chi connectivity index (χ4n) is 2.67. The zero-order chi connectivity index (χ0) is 19.4. The number of carboxylic acids is 1. The van der Waals surface area contributed by atoms with Crippen LogP contribution in [0.2, 0.25) is 0 Å². The van der Waals surface area contributed by atoms with Crippen molar-refractivity contribution in [3.63, 3.8) is 0 Å². The lowest BCUT2D eigenvalue weighted by Gasteiger charge is -2.07. The molecular weight excluding hydrogens is 362 g/mol. The van der Waals surface area contributed by atoms with E-state index >= 15 is 0 Å². The Hall–Kier alpha value is -3.37. The lowest BCUT2D eigenvalue weighted by atomic mass is 10.00. The Morgan fingerprint density at radius 2 is 1.67 bits per heavy atom. The van der Waals surface area contributed by atoms with Crippen LogP contribution in [0.4, 0.5) is 0 Å². The maximum atomic E-state index is 12.0. The predicted molar refractivity (Wildman–Crippen MR) is 104 cm³/mol. The molecule has 27 heavy (non-hydrogen) atoms. The number of nitriles is 1. The van der Waals surface area contributed by atoms with Gasteiger partial charge in [-0.25, -0.2) is 4.98 Å². The molecule has 3 rings (SSSR count). The summed E-state index contributed by atoms with van der Waals surface area (Å²) in [5.74, 6) is -0.865. The molecule has 134 valence electrons. The van der Waals surface area contributed by atoms with Crippen molar-refractivity contribution in [3.8, 4) is 28.5 Å².